The van der Waals surface area contributed by atoms with Crippen LogP contribution in [0.1, 0.15) is 36.8 Å². The molecule has 2 aliphatic carbocycles. The standard InChI is InChI=1S/C21H22N4O2/c26-18-4-2-1-3-17(18)23-21-16-11-22-10-9-14(16)19(24-25-21)15-8-6-12-5-7-13(12)20(15)27/h6,8-11,17-18,26-27H,1-5,7H2,(H,23,25)/t17-,18-/m1/s1. The van der Waals surface area contributed by atoms with Crippen LogP contribution in [0.3, 0.4) is 0 Å². The van der Waals surface area contributed by atoms with Crippen molar-refractivity contribution in [1.29, 1.82) is 0 Å². The van der Waals surface area contributed by atoms with Crippen LogP contribution in [0.5, 0.6) is 5.75 Å². The minimum atomic E-state index is -0.371. The molecule has 27 heavy (non-hydrogen) atoms. The summed E-state index contributed by atoms with van der Waals surface area (Å²) in [6, 6.07) is 5.87. The van der Waals surface area contributed by atoms with Crippen LogP contribution in [0.2, 0.25) is 0 Å². The largest absolute Gasteiger partial charge is 0.507 e. The Morgan fingerprint density at radius 1 is 1.00 bits per heavy atom. The van der Waals surface area contributed by atoms with Crippen LogP contribution in [0.4, 0.5) is 5.82 Å². The Kier molecular flexibility index (Phi) is 3.93. The molecule has 0 amide bonds. The molecule has 3 aromatic rings. The smallest absolute Gasteiger partial charge is 0.158 e. The van der Waals surface area contributed by atoms with E-state index < -0.39 is 0 Å². The number of aromatic hydroxyl groups is 1. The van der Waals surface area contributed by atoms with E-state index >= 15 is 0 Å². The molecule has 1 aromatic carbocycles. The molecule has 1 saturated carbocycles. The third-order valence-corrected chi connectivity index (χ3v) is 5.91. The van der Waals surface area contributed by atoms with Gasteiger partial charge in [-0.1, -0.05) is 18.9 Å². The highest BCUT2D eigenvalue weighted by molar-refractivity contribution is 6.00. The molecule has 0 spiro atoms. The van der Waals surface area contributed by atoms with E-state index in [4.69, 9.17) is 0 Å². The number of aromatic nitrogens is 3. The summed E-state index contributed by atoms with van der Waals surface area (Å²) in [5.74, 6) is 0.950. The molecule has 0 saturated heterocycles. The fourth-order valence-electron chi connectivity index (χ4n) is 4.22. The second-order valence-corrected chi connectivity index (χ2v) is 7.52. The maximum absolute atomic E-state index is 10.7. The molecule has 0 bridgehead atoms. The summed E-state index contributed by atoms with van der Waals surface area (Å²) in [5, 5.41) is 34.9. The monoisotopic (exact) mass is 362 g/mol. The second kappa shape index (κ2) is 6.46. The zero-order valence-electron chi connectivity index (χ0n) is 15.0. The lowest BCUT2D eigenvalue weighted by molar-refractivity contribution is 0.116. The number of nitrogens with one attached hydrogen (secondary N) is 1. The van der Waals surface area contributed by atoms with Gasteiger partial charge in [0.1, 0.15) is 11.4 Å². The first-order chi connectivity index (χ1) is 13.2. The molecular formula is C21H22N4O2. The SMILES string of the molecule is Oc1c(-c2nnc(N[C@@H]3CCCC[C@H]3O)c3cnccc23)ccc2c1CC2. The van der Waals surface area contributed by atoms with E-state index in [9.17, 15) is 10.2 Å². The van der Waals surface area contributed by atoms with Gasteiger partial charge in [-0.25, -0.2) is 0 Å². The number of aryl methyl sites for hydroxylation is 1. The van der Waals surface area contributed by atoms with E-state index in [2.05, 4.69) is 26.6 Å². The minimum Gasteiger partial charge on any atom is -0.507 e. The van der Waals surface area contributed by atoms with Crippen LogP contribution in [0.15, 0.2) is 30.6 Å². The molecule has 0 aliphatic heterocycles. The van der Waals surface area contributed by atoms with Gasteiger partial charge in [0, 0.05) is 28.7 Å². The Labute approximate surface area is 157 Å². The summed E-state index contributed by atoms with van der Waals surface area (Å²) in [6.45, 7) is 0. The molecule has 6 heteroatoms. The molecule has 2 aliphatic rings. The Morgan fingerprint density at radius 3 is 2.70 bits per heavy atom. The Bertz CT molecular complexity index is 1020. The highest BCUT2D eigenvalue weighted by atomic mass is 16.3. The topological polar surface area (TPSA) is 91.2 Å². The molecule has 0 radical (unpaired) electrons. The second-order valence-electron chi connectivity index (χ2n) is 7.52. The van der Waals surface area contributed by atoms with Crippen LogP contribution >= 0.6 is 0 Å². The number of fused-ring (bicyclic) bond motifs is 2. The molecule has 5 rings (SSSR count). The number of phenols is 1. The van der Waals surface area contributed by atoms with Crippen molar-refractivity contribution in [2.75, 3.05) is 5.32 Å². The number of pyridine rings is 1. The molecule has 2 aromatic heterocycles. The zero-order chi connectivity index (χ0) is 18.4. The number of hydrogen-bond donors (Lipinski definition) is 3. The van der Waals surface area contributed by atoms with Crippen LogP contribution < -0.4 is 5.32 Å². The number of anilines is 1. The highest BCUT2D eigenvalue weighted by Gasteiger charge is 2.25. The maximum atomic E-state index is 10.7. The fourth-order valence-corrected chi connectivity index (χ4v) is 4.22. The van der Waals surface area contributed by atoms with Gasteiger partial charge in [-0.2, -0.15) is 0 Å². The van der Waals surface area contributed by atoms with Gasteiger partial charge < -0.3 is 15.5 Å². The lowest BCUT2D eigenvalue weighted by atomic mass is 9.85. The van der Waals surface area contributed by atoms with Gasteiger partial charge in [-0.05, 0) is 48.9 Å². The normalized spacial score (nSPS) is 21.5. The molecule has 2 heterocycles. The van der Waals surface area contributed by atoms with Crippen molar-refractivity contribution in [1.82, 2.24) is 15.2 Å². The molecule has 0 unspecified atom stereocenters. The van der Waals surface area contributed by atoms with Gasteiger partial charge in [0.25, 0.3) is 0 Å². The van der Waals surface area contributed by atoms with Gasteiger partial charge in [-0.3, -0.25) is 4.98 Å². The lowest BCUT2D eigenvalue weighted by Crippen LogP contribution is -2.36. The molecule has 1 fully saturated rings. The number of hydrogen-bond acceptors (Lipinski definition) is 6. The average molecular weight is 362 g/mol. The first kappa shape index (κ1) is 16.4. The quantitative estimate of drug-likeness (QED) is 0.663. The summed E-state index contributed by atoms with van der Waals surface area (Å²) in [7, 11) is 0. The number of rotatable bonds is 3. The van der Waals surface area contributed by atoms with Crippen LogP contribution in [0, 0.1) is 0 Å². The summed E-state index contributed by atoms with van der Waals surface area (Å²) in [6.07, 6.45) is 8.93. The minimum absolute atomic E-state index is 0.0211. The number of benzene rings is 1. The number of aliphatic hydroxyl groups is 1. The van der Waals surface area contributed by atoms with E-state index in [1.807, 2.05) is 12.1 Å². The summed E-state index contributed by atoms with van der Waals surface area (Å²) in [4.78, 5) is 4.25. The van der Waals surface area contributed by atoms with Gasteiger partial charge in [0.2, 0.25) is 0 Å². The first-order valence-electron chi connectivity index (χ1n) is 9.61. The molecule has 138 valence electrons. The lowest BCUT2D eigenvalue weighted by Gasteiger charge is -2.29. The third-order valence-electron chi connectivity index (χ3n) is 5.91. The summed E-state index contributed by atoms with van der Waals surface area (Å²) in [5.41, 5.74) is 3.60. The number of aliphatic hydroxyl groups excluding tert-OH is 1. The van der Waals surface area contributed by atoms with Crippen molar-refractivity contribution in [3.8, 4) is 17.0 Å². The van der Waals surface area contributed by atoms with Crippen molar-refractivity contribution >= 4 is 16.6 Å². The zero-order valence-corrected chi connectivity index (χ0v) is 15.0. The van der Waals surface area contributed by atoms with Crippen molar-refractivity contribution in [3.63, 3.8) is 0 Å². The van der Waals surface area contributed by atoms with Gasteiger partial charge in [-0.15, -0.1) is 10.2 Å². The Balaban J connectivity index is 1.59. The predicted molar refractivity (Wildman–Crippen MR) is 104 cm³/mol. The Hall–Kier alpha value is -2.73. The van der Waals surface area contributed by atoms with Crippen LogP contribution in [-0.4, -0.2) is 37.5 Å². The average Bonchev–Trinajstić information content (AvgIpc) is 2.66. The van der Waals surface area contributed by atoms with E-state index in [0.29, 0.717) is 22.8 Å². The van der Waals surface area contributed by atoms with Crippen LogP contribution in [-0.2, 0) is 12.8 Å². The van der Waals surface area contributed by atoms with Crippen LogP contribution in [0.25, 0.3) is 22.0 Å². The molecule has 3 N–H and O–H groups in total. The van der Waals surface area contributed by atoms with Gasteiger partial charge in [0.15, 0.2) is 5.82 Å². The van der Waals surface area contributed by atoms with Crippen molar-refractivity contribution in [2.24, 2.45) is 0 Å². The van der Waals surface area contributed by atoms with E-state index in [1.54, 1.807) is 12.4 Å². The molecule has 2 atom stereocenters. The summed E-state index contributed by atoms with van der Waals surface area (Å²) >= 11 is 0. The van der Waals surface area contributed by atoms with E-state index in [-0.39, 0.29) is 12.1 Å². The summed E-state index contributed by atoms with van der Waals surface area (Å²) < 4.78 is 0. The number of nitrogens with zero attached hydrogens (tertiary/aromatic N) is 3. The fraction of sp³-hybridized carbons (Fsp3) is 0.381. The predicted octanol–water partition coefficient (Wildman–Crippen LogP) is 3.21. The number of phenolic OH excluding ortho intramolecular Hbond substituents is 1. The van der Waals surface area contributed by atoms with Crippen molar-refractivity contribution in [3.05, 3.63) is 41.7 Å². The van der Waals surface area contributed by atoms with Crippen molar-refractivity contribution in [2.45, 2.75) is 50.7 Å². The van der Waals surface area contributed by atoms with Gasteiger partial charge >= 0.3 is 0 Å². The molecular weight excluding hydrogens is 340 g/mol. The van der Waals surface area contributed by atoms with Crippen molar-refractivity contribution < 1.29 is 10.2 Å². The van der Waals surface area contributed by atoms with Gasteiger partial charge in [0.05, 0.1) is 12.1 Å². The maximum Gasteiger partial charge on any atom is 0.158 e. The highest BCUT2D eigenvalue weighted by Crippen LogP contribution is 2.41. The van der Waals surface area contributed by atoms with E-state index in [0.717, 1.165) is 54.9 Å². The molecule has 6 nitrogen and oxygen atoms in total. The third kappa shape index (κ3) is 2.72. The first-order valence-corrected chi connectivity index (χ1v) is 9.61. The van der Waals surface area contributed by atoms with E-state index in [1.165, 1.54) is 5.56 Å². The Morgan fingerprint density at radius 2 is 1.89 bits per heavy atom.